The summed E-state index contributed by atoms with van der Waals surface area (Å²) in [6, 6.07) is 1.21. The Morgan fingerprint density at radius 2 is 2.46 bits per heavy atom. The van der Waals surface area contributed by atoms with Crippen molar-refractivity contribution in [2.75, 3.05) is 0 Å². The smallest absolute Gasteiger partial charge is 0.0794 e. The first kappa shape index (κ1) is 9.16. The third-order valence-electron chi connectivity index (χ3n) is 2.96. The van der Waals surface area contributed by atoms with E-state index in [1.807, 2.05) is 11.7 Å². The largest absolute Gasteiger partial charge is 0.306 e. The topological polar surface area (TPSA) is 24.9 Å². The first-order chi connectivity index (χ1) is 6.27. The first-order valence-electron chi connectivity index (χ1n) is 4.92. The Bertz CT molecular complexity index is 258. The van der Waals surface area contributed by atoms with Crippen LogP contribution in [0.25, 0.3) is 0 Å². The van der Waals surface area contributed by atoms with Gasteiger partial charge in [-0.1, -0.05) is 6.92 Å². The van der Waals surface area contributed by atoms with Crippen molar-refractivity contribution in [3.05, 3.63) is 16.6 Å². The molecule has 0 bridgehead atoms. The second kappa shape index (κ2) is 3.76. The predicted molar refractivity (Wildman–Crippen MR) is 55.9 cm³/mol. The molecule has 0 aromatic carbocycles. The van der Waals surface area contributed by atoms with Crippen molar-refractivity contribution in [2.45, 2.75) is 38.8 Å². The van der Waals surface area contributed by atoms with Crippen molar-refractivity contribution in [1.29, 1.82) is 0 Å². The molecule has 1 aromatic rings. The van der Waals surface area contributed by atoms with Crippen LogP contribution in [-0.4, -0.2) is 11.0 Å². The van der Waals surface area contributed by atoms with Gasteiger partial charge in [-0.3, -0.25) is 4.98 Å². The van der Waals surface area contributed by atoms with Crippen LogP contribution in [0.3, 0.4) is 0 Å². The van der Waals surface area contributed by atoms with E-state index >= 15 is 0 Å². The van der Waals surface area contributed by atoms with E-state index in [1.165, 1.54) is 17.7 Å². The van der Waals surface area contributed by atoms with Crippen LogP contribution >= 0.6 is 11.3 Å². The van der Waals surface area contributed by atoms with E-state index in [4.69, 9.17) is 0 Å². The van der Waals surface area contributed by atoms with E-state index in [2.05, 4.69) is 24.1 Å². The van der Waals surface area contributed by atoms with Gasteiger partial charge in [0.25, 0.3) is 0 Å². The van der Waals surface area contributed by atoms with Gasteiger partial charge in [-0.25, -0.2) is 0 Å². The van der Waals surface area contributed by atoms with Gasteiger partial charge in [0.05, 0.1) is 5.51 Å². The van der Waals surface area contributed by atoms with Crippen LogP contribution in [0.2, 0.25) is 0 Å². The standard InChI is InChI=1S/C10H16N2S/c1-7-3-4-9(7)12-8(2)10-5-11-6-13-10/h5-9,12H,3-4H2,1-2H3. The molecule has 0 spiro atoms. The molecular formula is C10H16N2S. The molecule has 1 aromatic heterocycles. The van der Waals surface area contributed by atoms with Crippen LogP contribution in [0, 0.1) is 5.92 Å². The van der Waals surface area contributed by atoms with Gasteiger partial charge >= 0.3 is 0 Å². The molecule has 1 aliphatic rings. The van der Waals surface area contributed by atoms with E-state index in [0.29, 0.717) is 6.04 Å². The van der Waals surface area contributed by atoms with Crippen molar-refractivity contribution >= 4 is 11.3 Å². The fourth-order valence-electron chi connectivity index (χ4n) is 1.76. The molecule has 0 amide bonds. The highest BCUT2D eigenvalue weighted by Crippen LogP contribution is 2.29. The Morgan fingerprint density at radius 1 is 1.62 bits per heavy atom. The normalized spacial score (nSPS) is 29.7. The maximum atomic E-state index is 4.09. The Morgan fingerprint density at radius 3 is 2.92 bits per heavy atom. The highest BCUT2D eigenvalue weighted by molar-refractivity contribution is 7.09. The van der Waals surface area contributed by atoms with E-state index in [9.17, 15) is 0 Å². The lowest BCUT2D eigenvalue weighted by Gasteiger charge is -2.36. The number of thiazole rings is 1. The number of rotatable bonds is 3. The van der Waals surface area contributed by atoms with Crippen molar-refractivity contribution < 1.29 is 0 Å². The molecule has 1 aliphatic carbocycles. The van der Waals surface area contributed by atoms with E-state index in [0.717, 1.165) is 12.0 Å². The second-order valence-corrected chi connectivity index (χ2v) is 4.87. The number of nitrogens with zero attached hydrogens (tertiary/aromatic N) is 1. The molecule has 3 heteroatoms. The molecule has 0 aliphatic heterocycles. The van der Waals surface area contributed by atoms with Crippen molar-refractivity contribution in [3.63, 3.8) is 0 Å². The fourth-order valence-corrected chi connectivity index (χ4v) is 2.39. The molecule has 0 saturated heterocycles. The summed E-state index contributed by atoms with van der Waals surface area (Å²) in [5.74, 6) is 0.857. The van der Waals surface area contributed by atoms with Gasteiger partial charge in [-0.2, -0.15) is 0 Å². The van der Waals surface area contributed by atoms with Crippen LogP contribution in [0.4, 0.5) is 0 Å². The predicted octanol–water partition coefficient (Wildman–Crippen LogP) is 2.59. The number of hydrogen-bond donors (Lipinski definition) is 1. The third-order valence-corrected chi connectivity index (χ3v) is 3.92. The zero-order valence-electron chi connectivity index (χ0n) is 8.16. The summed E-state index contributed by atoms with van der Waals surface area (Å²) in [4.78, 5) is 5.44. The van der Waals surface area contributed by atoms with Crippen LogP contribution in [0.1, 0.15) is 37.6 Å². The number of nitrogens with one attached hydrogen (secondary N) is 1. The molecule has 1 N–H and O–H groups in total. The van der Waals surface area contributed by atoms with Crippen LogP contribution in [0.15, 0.2) is 11.7 Å². The summed E-state index contributed by atoms with van der Waals surface area (Å²) in [7, 11) is 0. The maximum Gasteiger partial charge on any atom is 0.0794 e. The molecule has 2 rings (SSSR count). The fraction of sp³-hybridized carbons (Fsp3) is 0.700. The van der Waals surface area contributed by atoms with Gasteiger partial charge in [0.2, 0.25) is 0 Å². The summed E-state index contributed by atoms with van der Waals surface area (Å²) >= 11 is 1.74. The molecule has 1 saturated carbocycles. The van der Waals surface area contributed by atoms with Crippen molar-refractivity contribution in [3.8, 4) is 0 Å². The minimum atomic E-state index is 0.472. The summed E-state index contributed by atoms with van der Waals surface area (Å²) < 4.78 is 0. The zero-order chi connectivity index (χ0) is 9.26. The average molecular weight is 196 g/mol. The van der Waals surface area contributed by atoms with E-state index in [-0.39, 0.29) is 0 Å². The van der Waals surface area contributed by atoms with E-state index in [1.54, 1.807) is 11.3 Å². The van der Waals surface area contributed by atoms with Crippen LogP contribution in [0.5, 0.6) is 0 Å². The summed E-state index contributed by atoms with van der Waals surface area (Å²) in [5.41, 5.74) is 1.90. The lowest BCUT2D eigenvalue weighted by atomic mass is 9.81. The van der Waals surface area contributed by atoms with Gasteiger partial charge in [0.1, 0.15) is 0 Å². The van der Waals surface area contributed by atoms with Gasteiger partial charge < -0.3 is 5.32 Å². The molecule has 2 nitrogen and oxygen atoms in total. The first-order valence-corrected chi connectivity index (χ1v) is 5.80. The lowest BCUT2D eigenvalue weighted by molar-refractivity contribution is 0.214. The molecule has 0 radical (unpaired) electrons. The van der Waals surface area contributed by atoms with Crippen LogP contribution < -0.4 is 5.32 Å². The number of aromatic nitrogens is 1. The van der Waals surface area contributed by atoms with Crippen molar-refractivity contribution in [2.24, 2.45) is 5.92 Å². The Kier molecular flexibility index (Phi) is 2.65. The summed E-state index contributed by atoms with van der Waals surface area (Å²) in [6.07, 6.45) is 4.68. The summed E-state index contributed by atoms with van der Waals surface area (Å²) in [5, 5.41) is 3.64. The zero-order valence-corrected chi connectivity index (χ0v) is 8.97. The summed E-state index contributed by atoms with van der Waals surface area (Å²) in [6.45, 7) is 4.54. The Hall–Kier alpha value is -0.410. The maximum absolute atomic E-state index is 4.09. The van der Waals surface area contributed by atoms with Gasteiger partial charge in [0.15, 0.2) is 0 Å². The van der Waals surface area contributed by atoms with Gasteiger partial charge in [-0.15, -0.1) is 11.3 Å². The average Bonchev–Trinajstić information content (AvgIpc) is 2.64. The van der Waals surface area contributed by atoms with Gasteiger partial charge in [-0.05, 0) is 25.7 Å². The van der Waals surface area contributed by atoms with Crippen LogP contribution in [-0.2, 0) is 0 Å². The molecule has 1 fully saturated rings. The minimum absolute atomic E-state index is 0.472. The second-order valence-electron chi connectivity index (χ2n) is 3.95. The monoisotopic (exact) mass is 196 g/mol. The van der Waals surface area contributed by atoms with E-state index < -0.39 is 0 Å². The SMILES string of the molecule is CC(NC1CCC1C)c1cncs1. The van der Waals surface area contributed by atoms with Gasteiger partial charge in [0, 0.05) is 23.2 Å². The molecule has 3 unspecified atom stereocenters. The molecule has 1 heterocycles. The lowest BCUT2D eigenvalue weighted by Crippen LogP contribution is -2.43. The molecule has 13 heavy (non-hydrogen) atoms. The number of hydrogen-bond acceptors (Lipinski definition) is 3. The third kappa shape index (κ3) is 1.92. The molecule has 72 valence electrons. The Balaban J connectivity index is 1.88. The molecular weight excluding hydrogens is 180 g/mol. The Labute approximate surface area is 83.4 Å². The highest BCUT2D eigenvalue weighted by atomic mass is 32.1. The quantitative estimate of drug-likeness (QED) is 0.803. The minimum Gasteiger partial charge on any atom is -0.306 e. The molecule has 3 atom stereocenters. The highest BCUT2D eigenvalue weighted by Gasteiger charge is 2.27. The van der Waals surface area contributed by atoms with Crippen molar-refractivity contribution in [1.82, 2.24) is 10.3 Å².